The van der Waals surface area contributed by atoms with Gasteiger partial charge in [0.1, 0.15) is 10.7 Å². The van der Waals surface area contributed by atoms with Gasteiger partial charge in [-0.3, -0.25) is 0 Å². The Balaban J connectivity index is 1.64. The Labute approximate surface area is 122 Å². The van der Waals surface area contributed by atoms with E-state index in [2.05, 4.69) is 5.32 Å². The van der Waals surface area contributed by atoms with E-state index in [1.165, 1.54) is 0 Å². The number of hydrogen-bond donors (Lipinski definition) is 2. The SMILES string of the molecule is Oc1ccc(C(=S)NCc2ccc3c(c2)OCO3)cc1. The van der Waals surface area contributed by atoms with E-state index in [0.717, 1.165) is 22.6 Å². The van der Waals surface area contributed by atoms with Crippen LogP contribution in [-0.2, 0) is 6.54 Å². The van der Waals surface area contributed by atoms with E-state index in [9.17, 15) is 5.11 Å². The van der Waals surface area contributed by atoms with Gasteiger partial charge >= 0.3 is 0 Å². The molecule has 0 unspecified atom stereocenters. The van der Waals surface area contributed by atoms with Crippen LogP contribution in [0.1, 0.15) is 11.1 Å². The van der Waals surface area contributed by atoms with Crippen LogP contribution >= 0.6 is 12.2 Å². The van der Waals surface area contributed by atoms with Crippen LogP contribution in [0.15, 0.2) is 42.5 Å². The quantitative estimate of drug-likeness (QED) is 0.850. The summed E-state index contributed by atoms with van der Waals surface area (Å²) in [5.74, 6) is 1.77. The zero-order valence-electron chi connectivity index (χ0n) is 10.6. The van der Waals surface area contributed by atoms with Gasteiger partial charge < -0.3 is 19.9 Å². The Bertz CT molecular complexity index is 640. The van der Waals surface area contributed by atoms with Crippen molar-refractivity contribution in [3.8, 4) is 17.2 Å². The number of hydrogen-bond acceptors (Lipinski definition) is 4. The first-order valence-corrected chi connectivity index (χ1v) is 6.59. The molecule has 1 heterocycles. The molecule has 0 saturated carbocycles. The molecule has 0 radical (unpaired) electrons. The summed E-state index contributed by atoms with van der Waals surface area (Å²) in [7, 11) is 0. The maximum absolute atomic E-state index is 9.25. The number of phenols is 1. The van der Waals surface area contributed by atoms with Crippen molar-refractivity contribution < 1.29 is 14.6 Å². The number of benzene rings is 2. The summed E-state index contributed by atoms with van der Waals surface area (Å²) < 4.78 is 10.6. The number of ether oxygens (including phenoxy) is 2. The third-order valence-electron chi connectivity index (χ3n) is 3.02. The lowest BCUT2D eigenvalue weighted by Crippen LogP contribution is -2.21. The summed E-state index contributed by atoms with van der Waals surface area (Å²) in [6.07, 6.45) is 0. The molecule has 2 aromatic rings. The summed E-state index contributed by atoms with van der Waals surface area (Å²) in [5, 5.41) is 12.4. The second kappa shape index (κ2) is 5.38. The average Bonchev–Trinajstić information content (AvgIpc) is 2.93. The predicted molar refractivity (Wildman–Crippen MR) is 79.2 cm³/mol. The molecule has 0 fully saturated rings. The van der Waals surface area contributed by atoms with Crippen molar-refractivity contribution in [1.29, 1.82) is 0 Å². The average molecular weight is 287 g/mol. The Morgan fingerprint density at radius 2 is 1.85 bits per heavy atom. The van der Waals surface area contributed by atoms with Crippen LogP contribution in [0, 0.1) is 0 Å². The van der Waals surface area contributed by atoms with Gasteiger partial charge in [0.25, 0.3) is 0 Å². The second-order valence-corrected chi connectivity index (χ2v) is 4.83. The molecule has 4 nitrogen and oxygen atoms in total. The Hall–Kier alpha value is -2.27. The zero-order valence-corrected chi connectivity index (χ0v) is 11.4. The van der Waals surface area contributed by atoms with Gasteiger partial charge in [0.15, 0.2) is 11.5 Å². The number of phenolic OH excluding ortho intramolecular Hbond substituents is 1. The molecule has 2 aromatic carbocycles. The Morgan fingerprint density at radius 1 is 1.10 bits per heavy atom. The normalized spacial score (nSPS) is 12.2. The highest BCUT2D eigenvalue weighted by Crippen LogP contribution is 2.32. The molecule has 0 bridgehead atoms. The second-order valence-electron chi connectivity index (χ2n) is 4.42. The van der Waals surface area contributed by atoms with E-state index >= 15 is 0 Å². The minimum Gasteiger partial charge on any atom is -0.508 e. The van der Waals surface area contributed by atoms with Gasteiger partial charge in [-0.25, -0.2) is 0 Å². The molecule has 0 aromatic heterocycles. The molecule has 1 aliphatic heterocycles. The summed E-state index contributed by atoms with van der Waals surface area (Å²) in [5.41, 5.74) is 1.94. The van der Waals surface area contributed by atoms with Gasteiger partial charge in [-0.05, 0) is 42.0 Å². The number of nitrogens with one attached hydrogen (secondary N) is 1. The van der Waals surface area contributed by atoms with E-state index in [-0.39, 0.29) is 12.5 Å². The molecule has 3 rings (SSSR count). The molecule has 0 atom stereocenters. The predicted octanol–water partition coefficient (Wildman–Crippen LogP) is 2.59. The largest absolute Gasteiger partial charge is 0.508 e. The van der Waals surface area contributed by atoms with Crippen molar-refractivity contribution >= 4 is 17.2 Å². The summed E-state index contributed by atoms with van der Waals surface area (Å²) in [6, 6.07) is 12.6. The third kappa shape index (κ3) is 2.67. The molecule has 2 N–H and O–H groups in total. The first kappa shape index (κ1) is 12.7. The maximum Gasteiger partial charge on any atom is 0.231 e. The fourth-order valence-corrected chi connectivity index (χ4v) is 2.16. The maximum atomic E-state index is 9.25. The first-order chi connectivity index (χ1) is 9.72. The van der Waals surface area contributed by atoms with Crippen LogP contribution in [0.25, 0.3) is 0 Å². The molecule has 102 valence electrons. The smallest absolute Gasteiger partial charge is 0.231 e. The van der Waals surface area contributed by atoms with Crippen molar-refractivity contribution in [2.45, 2.75) is 6.54 Å². The molecule has 20 heavy (non-hydrogen) atoms. The molecule has 1 aliphatic rings. The van der Waals surface area contributed by atoms with Crippen LogP contribution in [0.2, 0.25) is 0 Å². The van der Waals surface area contributed by atoms with E-state index < -0.39 is 0 Å². The molecule has 0 saturated heterocycles. The van der Waals surface area contributed by atoms with Crippen LogP contribution < -0.4 is 14.8 Å². The summed E-state index contributed by atoms with van der Waals surface area (Å²) >= 11 is 5.31. The number of aromatic hydroxyl groups is 1. The van der Waals surface area contributed by atoms with Gasteiger partial charge in [0, 0.05) is 12.1 Å². The highest BCUT2D eigenvalue weighted by atomic mass is 32.1. The van der Waals surface area contributed by atoms with Crippen LogP contribution in [0.5, 0.6) is 17.2 Å². The van der Waals surface area contributed by atoms with Crippen molar-refractivity contribution in [3.63, 3.8) is 0 Å². The van der Waals surface area contributed by atoms with Crippen molar-refractivity contribution in [1.82, 2.24) is 5.32 Å². The molecular formula is C15H13NO3S. The minimum atomic E-state index is 0.229. The molecular weight excluding hydrogens is 274 g/mol. The number of rotatable bonds is 3. The van der Waals surface area contributed by atoms with Gasteiger partial charge in [-0.2, -0.15) is 0 Å². The molecule has 5 heteroatoms. The van der Waals surface area contributed by atoms with Crippen molar-refractivity contribution in [3.05, 3.63) is 53.6 Å². The van der Waals surface area contributed by atoms with Gasteiger partial charge in [0.05, 0.1) is 0 Å². The minimum absolute atomic E-state index is 0.229. The topological polar surface area (TPSA) is 50.7 Å². The van der Waals surface area contributed by atoms with Gasteiger partial charge in [-0.1, -0.05) is 18.3 Å². The van der Waals surface area contributed by atoms with Crippen LogP contribution in [0.3, 0.4) is 0 Å². The Morgan fingerprint density at radius 3 is 2.65 bits per heavy atom. The summed E-state index contributed by atoms with van der Waals surface area (Å²) in [4.78, 5) is 0.641. The molecule has 0 amide bonds. The van der Waals surface area contributed by atoms with Crippen molar-refractivity contribution in [2.24, 2.45) is 0 Å². The van der Waals surface area contributed by atoms with Crippen LogP contribution in [-0.4, -0.2) is 16.9 Å². The van der Waals surface area contributed by atoms with Gasteiger partial charge in [-0.15, -0.1) is 0 Å². The number of fused-ring (bicyclic) bond motifs is 1. The van der Waals surface area contributed by atoms with Crippen LogP contribution in [0.4, 0.5) is 0 Å². The standard InChI is InChI=1S/C15H13NO3S/c17-12-4-2-11(3-5-12)15(20)16-8-10-1-6-13-14(7-10)19-9-18-13/h1-7,17H,8-9H2,(H,16,20). The Kier molecular flexibility index (Phi) is 3.43. The molecule has 0 spiro atoms. The summed E-state index contributed by atoms with van der Waals surface area (Å²) in [6.45, 7) is 0.883. The van der Waals surface area contributed by atoms with E-state index in [0.29, 0.717) is 11.5 Å². The zero-order chi connectivity index (χ0) is 13.9. The van der Waals surface area contributed by atoms with Crippen molar-refractivity contribution in [2.75, 3.05) is 6.79 Å². The van der Waals surface area contributed by atoms with E-state index in [4.69, 9.17) is 21.7 Å². The third-order valence-corrected chi connectivity index (χ3v) is 3.40. The monoisotopic (exact) mass is 287 g/mol. The highest BCUT2D eigenvalue weighted by molar-refractivity contribution is 7.80. The lowest BCUT2D eigenvalue weighted by atomic mass is 10.2. The fourth-order valence-electron chi connectivity index (χ4n) is 1.95. The highest BCUT2D eigenvalue weighted by Gasteiger charge is 2.13. The van der Waals surface area contributed by atoms with E-state index in [1.54, 1.807) is 24.3 Å². The lowest BCUT2D eigenvalue weighted by Gasteiger charge is -2.09. The first-order valence-electron chi connectivity index (χ1n) is 6.18. The van der Waals surface area contributed by atoms with Gasteiger partial charge in [0.2, 0.25) is 6.79 Å². The number of thiocarbonyl (C=S) groups is 1. The molecule has 0 aliphatic carbocycles. The lowest BCUT2D eigenvalue weighted by molar-refractivity contribution is 0.174. The van der Waals surface area contributed by atoms with E-state index in [1.807, 2.05) is 18.2 Å². The fraction of sp³-hybridized carbons (Fsp3) is 0.133.